The summed E-state index contributed by atoms with van der Waals surface area (Å²) in [5.41, 5.74) is 2.85. The normalized spacial score (nSPS) is 17.9. The lowest BCUT2D eigenvalue weighted by atomic mass is 9.75. The summed E-state index contributed by atoms with van der Waals surface area (Å²) in [6, 6.07) is 9.10. The van der Waals surface area contributed by atoms with Crippen molar-refractivity contribution in [2.75, 3.05) is 0 Å². The average Bonchev–Trinajstić information content (AvgIpc) is 2.34. The molecule has 1 aliphatic carbocycles. The number of hydrogen-bond acceptors (Lipinski definition) is 0. The van der Waals surface area contributed by atoms with Gasteiger partial charge in [-0.3, -0.25) is 0 Å². The first-order valence-electron chi connectivity index (χ1n) is 6.74. The zero-order valence-corrected chi connectivity index (χ0v) is 10.6. The van der Waals surface area contributed by atoms with Gasteiger partial charge in [-0.2, -0.15) is 0 Å². The van der Waals surface area contributed by atoms with Crippen LogP contribution in [0.1, 0.15) is 56.6 Å². The van der Waals surface area contributed by atoms with Crippen molar-refractivity contribution in [2.24, 2.45) is 5.92 Å². The standard InChI is InChI=1S/C16H23/c1-3-16(14-7-5-4-6-8-14)15-11-9-13(2)10-12-15/h9-12,14H,3-8H2,1-2H3. The Hall–Kier alpha value is -0.780. The Morgan fingerprint density at radius 2 is 1.69 bits per heavy atom. The second-order valence-corrected chi connectivity index (χ2v) is 5.08. The van der Waals surface area contributed by atoms with E-state index in [1.165, 1.54) is 49.7 Å². The first kappa shape index (κ1) is 11.7. The third-order valence-electron chi connectivity index (χ3n) is 3.90. The van der Waals surface area contributed by atoms with Crippen LogP contribution in [0, 0.1) is 18.8 Å². The highest BCUT2D eigenvalue weighted by molar-refractivity contribution is 5.34. The highest BCUT2D eigenvalue weighted by Crippen LogP contribution is 2.37. The highest BCUT2D eigenvalue weighted by atomic mass is 14.3. The predicted molar refractivity (Wildman–Crippen MR) is 70.4 cm³/mol. The van der Waals surface area contributed by atoms with Gasteiger partial charge in [0, 0.05) is 5.92 Å². The SMILES string of the molecule is CC[C](c1ccc(C)cc1)C1CCCCC1. The molecule has 0 nitrogen and oxygen atoms in total. The second kappa shape index (κ2) is 5.52. The highest BCUT2D eigenvalue weighted by Gasteiger charge is 2.23. The molecule has 0 heterocycles. The van der Waals surface area contributed by atoms with Crippen LogP contribution in [0.2, 0.25) is 0 Å². The maximum absolute atomic E-state index is 2.31. The first-order valence-corrected chi connectivity index (χ1v) is 6.74. The van der Waals surface area contributed by atoms with Crippen molar-refractivity contribution >= 4 is 0 Å². The number of rotatable bonds is 3. The van der Waals surface area contributed by atoms with E-state index >= 15 is 0 Å². The van der Waals surface area contributed by atoms with E-state index in [1.54, 1.807) is 5.92 Å². The molecule has 0 spiro atoms. The van der Waals surface area contributed by atoms with Crippen molar-refractivity contribution in [2.45, 2.75) is 52.4 Å². The summed E-state index contributed by atoms with van der Waals surface area (Å²) in [7, 11) is 0. The van der Waals surface area contributed by atoms with E-state index in [0.717, 1.165) is 5.92 Å². The Morgan fingerprint density at radius 3 is 2.25 bits per heavy atom. The molecule has 2 rings (SSSR count). The summed E-state index contributed by atoms with van der Waals surface area (Å²) < 4.78 is 0. The van der Waals surface area contributed by atoms with Crippen LogP contribution < -0.4 is 0 Å². The van der Waals surface area contributed by atoms with Gasteiger partial charge in [-0.05, 0) is 37.7 Å². The molecule has 1 aromatic rings. The van der Waals surface area contributed by atoms with Gasteiger partial charge in [0.25, 0.3) is 0 Å². The van der Waals surface area contributed by atoms with Crippen LogP contribution in [-0.4, -0.2) is 0 Å². The van der Waals surface area contributed by atoms with E-state index in [4.69, 9.17) is 0 Å². The zero-order chi connectivity index (χ0) is 11.4. The van der Waals surface area contributed by atoms with Crippen LogP contribution in [-0.2, 0) is 0 Å². The fourth-order valence-corrected chi connectivity index (χ4v) is 2.95. The molecule has 0 amide bonds. The van der Waals surface area contributed by atoms with Crippen molar-refractivity contribution in [3.05, 3.63) is 41.3 Å². The lowest BCUT2D eigenvalue weighted by Crippen LogP contribution is -2.16. The van der Waals surface area contributed by atoms with Gasteiger partial charge >= 0.3 is 0 Å². The third-order valence-corrected chi connectivity index (χ3v) is 3.90. The van der Waals surface area contributed by atoms with E-state index in [0.29, 0.717) is 0 Å². The van der Waals surface area contributed by atoms with Crippen LogP contribution in [0.25, 0.3) is 0 Å². The molecule has 1 aromatic carbocycles. The molecule has 0 aromatic heterocycles. The van der Waals surface area contributed by atoms with E-state index < -0.39 is 0 Å². The van der Waals surface area contributed by atoms with E-state index in [2.05, 4.69) is 38.1 Å². The molecule has 0 bridgehead atoms. The Balaban J connectivity index is 2.11. The van der Waals surface area contributed by atoms with Crippen LogP contribution in [0.4, 0.5) is 0 Å². The van der Waals surface area contributed by atoms with Crippen LogP contribution in [0.15, 0.2) is 24.3 Å². The molecule has 0 unspecified atom stereocenters. The summed E-state index contributed by atoms with van der Waals surface area (Å²) in [5.74, 6) is 2.56. The molecule has 0 atom stereocenters. The third kappa shape index (κ3) is 2.66. The maximum Gasteiger partial charge on any atom is 0.00779 e. The van der Waals surface area contributed by atoms with Crippen LogP contribution in [0.5, 0.6) is 0 Å². The van der Waals surface area contributed by atoms with Gasteiger partial charge in [0.1, 0.15) is 0 Å². The van der Waals surface area contributed by atoms with Crippen molar-refractivity contribution in [3.8, 4) is 0 Å². The largest absolute Gasteiger partial charge is 0.0645 e. The van der Waals surface area contributed by atoms with Crippen molar-refractivity contribution < 1.29 is 0 Å². The summed E-state index contributed by atoms with van der Waals surface area (Å²) >= 11 is 0. The Bertz CT molecular complexity index is 303. The van der Waals surface area contributed by atoms with Gasteiger partial charge in [0.05, 0.1) is 0 Å². The number of aryl methyl sites for hydroxylation is 1. The first-order chi connectivity index (χ1) is 7.81. The minimum atomic E-state index is 0.862. The summed E-state index contributed by atoms with van der Waals surface area (Å²) in [6.07, 6.45) is 8.35. The molecule has 0 aliphatic heterocycles. The molecule has 0 saturated heterocycles. The average molecular weight is 215 g/mol. The van der Waals surface area contributed by atoms with Crippen molar-refractivity contribution in [1.29, 1.82) is 0 Å². The molecule has 1 fully saturated rings. The molecule has 1 radical (unpaired) electrons. The molecule has 1 saturated carbocycles. The lowest BCUT2D eigenvalue weighted by Gasteiger charge is -2.29. The van der Waals surface area contributed by atoms with Crippen LogP contribution >= 0.6 is 0 Å². The van der Waals surface area contributed by atoms with Gasteiger partial charge in [-0.25, -0.2) is 0 Å². The smallest absolute Gasteiger partial charge is 0.00779 e. The second-order valence-electron chi connectivity index (χ2n) is 5.08. The van der Waals surface area contributed by atoms with Crippen molar-refractivity contribution in [3.63, 3.8) is 0 Å². The van der Waals surface area contributed by atoms with Gasteiger partial charge in [0.15, 0.2) is 0 Å². The Morgan fingerprint density at radius 1 is 1.06 bits per heavy atom. The van der Waals surface area contributed by atoms with Crippen LogP contribution in [0.3, 0.4) is 0 Å². The minimum Gasteiger partial charge on any atom is -0.0645 e. The monoisotopic (exact) mass is 215 g/mol. The molecule has 1 aliphatic rings. The molecular weight excluding hydrogens is 192 g/mol. The minimum absolute atomic E-state index is 0.862. The van der Waals surface area contributed by atoms with Gasteiger partial charge < -0.3 is 0 Å². The molecule has 87 valence electrons. The van der Waals surface area contributed by atoms with Gasteiger partial charge in [0.2, 0.25) is 0 Å². The Labute approximate surface area is 100 Å². The predicted octanol–water partition coefficient (Wildman–Crippen LogP) is 4.91. The lowest BCUT2D eigenvalue weighted by molar-refractivity contribution is 0.369. The fourth-order valence-electron chi connectivity index (χ4n) is 2.95. The van der Waals surface area contributed by atoms with E-state index in [9.17, 15) is 0 Å². The fraction of sp³-hybridized carbons (Fsp3) is 0.562. The zero-order valence-electron chi connectivity index (χ0n) is 10.6. The topological polar surface area (TPSA) is 0 Å². The molecule has 0 heteroatoms. The summed E-state index contributed by atoms with van der Waals surface area (Å²) in [6.45, 7) is 4.47. The molecule has 16 heavy (non-hydrogen) atoms. The number of hydrogen-bond donors (Lipinski definition) is 0. The summed E-state index contributed by atoms with van der Waals surface area (Å²) in [5, 5.41) is 0. The molecule has 0 N–H and O–H groups in total. The van der Waals surface area contributed by atoms with Gasteiger partial charge in [-0.15, -0.1) is 0 Å². The molecular formula is C16H23. The van der Waals surface area contributed by atoms with Crippen molar-refractivity contribution in [1.82, 2.24) is 0 Å². The van der Waals surface area contributed by atoms with Gasteiger partial charge in [-0.1, -0.05) is 56.0 Å². The summed E-state index contributed by atoms with van der Waals surface area (Å²) in [4.78, 5) is 0. The van der Waals surface area contributed by atoms with E-state index in [1.807, 2.05) is 0 Å². The number of benzene rings is 1. The Kier molecular flexibility index (Phi) is 4.04. The van der Waals surface area contributed by atoms with E-state index in [-0.39, 0.29) is 0 Å². The quantitative estimate of drug-likeness (QED) is 0.672. The maximum atomic E-state index is 2.31.